The zero-order valence-electron chi connectivity index (χ0n) is 18.5. The molecule has 2 heteroatoms. The Labute approximate surface area is 164 Å². The van der Waals surface area contributed by atoms with Crippen LogP contribution in [0.5, 0.6) is 0 Å². The fraction of sp³-hybridized carbons (Fsp3) is 1.00. The summed E-state index contributed by atoms with van der Waals surface area (Å²) in [4.78, 5) is 0. The van der Waals surface area contributed by atoms with Gasteiger partial charge in [-0.25, -0.2) is 0 Å². The first kappa shape index (κ1) is 22.2. The third-order valence-electron chi connectivity index (χ3n) is 7.55. The maximum atomic E-state index is 3.37. The van der Waals surface area contributed by atoms with Gasteiger partial charge < -0.3 is 0 Å². The standard InChI is InChI=1S/C24H48N2/c1-6-7-14-25-26-15-10-11-19(4)23-16-21(23)12-8-9-13-22-17-24(22)20(5)18(2)3/h18-26H,6-17H2,1-5H3/t19-,20?,21?,22?,23?,24?/m0/s1. The average Bonchev–Trinajstić information content (AvgIpc) is 3.52. The van der Waals surface area contributed by atoms with Crippen LogP contribution >= 0.6 is 0 Å². The molecule has 5 unspecified atom stereocenters. The molecule has 2 rings (SSSR count). The van der Waals surface area contributed by atoms with Gasteiger partial charge in [0.25, 0.3) is 0 Å². The van der Waals surface area contributed by atoms with Crippen LogP contribution in [0.2, 0.25) is 0 Å². The molecule has 6 atom stereocenters. The first-order chi connectivity index (χ1) is 12.5. The minimum absolute atomic E-state index is 0.876. The Morgan fingerprint density at radius 1 is 0.769 bits per heavy atom. The molecule has 2 saturated carbocycles. The van der Waals surface area contributed by atoms with E-state index >= 15 is 0 Å². The van der Waals surface area contributed by atoms with Gasteiger partial charge in [-0.2, -0.15) is 0 Å². The molecule has 0 heterocycles. The van der Waals surface area contributed by atoms with Crippen LogP contribution in [0, 0.1) is 41.4 Å². The Hall–Kier alpha value is -0.0800. The lowest BCUT2D eigenvalue weighted by Gasteiger charge is -2.15. The third kappa shape index (κ3) is 7.89. The Morgan fingerprint density at radius 3 is 1.96 bits per heavy atom. The molecule has 2 aliphatic rings. The highest BCUT2D eigenvalue weighted by atomic mass is 15.3. The molecule has 0 aromatic carbocycles. The molecule has 0 amide bonds. The molecule has 0 aliphatic heterocycles. The fourth-order valence-corrected chi connectivity index (χ4v) is 5.02. The number of hydrazine groups is 1. The van der Waals surface area contributed by atoms with Crippen molar-refractivity contribution in [3.05, 3.63) is 0 Å². The van der Waals surface area contributed by atoms with E-state index in [1.54, 1.807) is 0 Å². The summed E-state index contributed by atoms with van der Waals surface area (Å²) in [6.07, 6.45) is 14.4. The van der Waals surface area contributed by atoms with E-state index < -0.39 is 0 Å². The van der Waals surface area contributed by atoms with Crippen molar-refractivity contribution in [2.75, 3.05) is 13.1 Å². The summed E-state index contributed by atoms with van der Waals surface area (Å²) in [5, 5.41) is 0. The Morgan fingerprint density at radius 2 is 1.35 bits per heavy atom. The van der Waals surface area contributed by atoms with Crippen LogP contribution in [-0.2, 0) is 0 Å². The van der Waals surface area contributed by atoms with E-state index in [2.05, 4.69) is 45.5 Å². The van der Waals surface area contributed by atoms with Crippen LogP contribution < -0.4 is 10.9 Å². The Kier molecular flexibility index (Phi) is 9.99. The van der Waals surface area contributed by atoms with Gasteiger partial charge in [0, 0.05) is 13.1 Å². The molecule has 154 valence electrons. The largest absolute Gasteiger partial charge is 0.258 e. The monoisotopic (exact) mass is 364 g/mol. The second-order valence-electron chi connectivity index (χ2n) is 10.0. The minimum atomic E-state index is 0.876. The van der Waals surface area contributed by atoms with Gasteiger partial charge in [0.1, 0.15) is 0 Å². The topological polar surface area (TPSA) is 24.1 Å². The quantitative estimate of drug-likeness (QED) is 0.244. The van der Waals surface area contributed by atoms with Gasteiger partial charge in [0.05, 0.1) is 0 Å². The summed E-state index contributed by atoms with van der Waals surface area (Å²) in [5.41, 5.74) is 6.70. The molecule has 0 bridgehead atoms. The molecule has 0 saturated heterocycles. The van der Waals surface area contributed by atoms with Gasteiger partial charge in [-0.05, 0) is 73.5 Å². The van der Waals surface area contributed by atoms with Crippen molar-refractivity contribution in [2.24, 2.45) is 41.4 Å². The van der Waals surface area contributed by atoms with E-state index in [0.29, 0.717) is 0 Å². The maximum absolute atomic E-state index is 3.37. The Balaban J connectivity index is 1.40. The predicted molar refractivity (Wildman–Crippen MR) is 115 cm³/mol. The van der Waals surface area contributed by atoms with E-state index in [-0.39, 0.29) is 0 Å². The maximum Gasteiger partial charge on any atom is 0.00998 e. The van der Waals surface area contributed by atoms with Crippen molar-refractivity contribution < 1.29 is 0 Å². The summed E-state index contributed by atoms with van der Waals surface area (Å²) < 4.78 is 0. The number of hydrogen-bond acceptors (Lipinski definition) is 2. The van der Waals surface area contributed by atoms with Crippen molar-refractivity contribution in [3.8, 4) is 0 Å². The SMILES string of the molecule is CCCCNNCCC[C@H](C)C1CC1CCCCC1CC1C(C)C(C)C. The molecule has 2 N–H and O–H groups in total. The molecule has 0 aromatic heterocycles. The van der Waals surface area contributed by atoms with Crippen LogP contribution in [0.25, 0.3) is 0 Å². The minimum Gasteiger partial charge on any atom is -0.258 e. The summed E-state index contributed by atoms with van der Waals surface area (Å²) >= 11 is 0. The molecule has 2 fully saturated rings. The lowest BCUT2D eigenvalue weighted by atomic mass is 9.91. The van der Waals surface area contributed by atoms with Crippen LogP contribution in [0.3, 0.4) is 0 Å². The van der Waals surface area contributed by atoms with E-state index in [1.807, 2.05) is 0 Å². The van der Waals surface area contributed by atoms with Gasteiger partial charge in [-0.1, -0.05) is 66.7 Å². The van der Waals surface area contributed by atoms with Crippen molar-refractivity contribution in [1.82, 2.24) is 10.9 Å². The molecule has 0 spiro atoms. The van der Waals surface area contributed by atoms with Gasteiger partial charge in [-0.15, -0.1) is 0 Å². The normalized spacial score (nSPS) is 29.8. The number of rotatable bonds is 16. The second-order valence-corrected chi connectivity index (χ2v) is 10.0. The average molecular weight is 365 g/mol. The summed E-state index contributed by atoms with van der Waals surface area (Å²) in [7, 11) is 0. The summed E-state index contributed by atoms with van der Waals surface area (Å²) in [5.74, 6) is 7.04. The van der Waals surface area contributed by atoms with E-state index in [0.717, 1.165) is 54.5 Å². The summed E-state index contributed by atoms with van der Waals surface area (Å²) in [6.45, 7) is 14.2. The number of unbranched alkanes of at least 4 members (excludes halogenated alkanes) is 2. The van der Waals surface area contributed by atoms with Gasteiger partial charge in [0.15, 0.2) is 0 Å². The summed E-state index contributed by atoms with van der Waals surface area (Å²) in [6, 6.07) is 0. The van der Waals surface area contributed by atoms with Gasteiger partial charge in [-0.3, -0.25) is 10.9 Å². The predicted octanol–water partition coefficient (Wildman–Crippen LogP) is 6.42. The molecular formula is C24H48N2. The van der Waals surface area contributed by atoms with E-state index in [9.17, 15) is 0 Å². The lowest BCUT2D eigenvalue weighted by molar-refractivity contribution is 0.347. The van der Waals surface area contributed by atoms with E-state index in [4.69, 9.17) is 0 Å². The molecular weight excluding hydrogens is 316 g/mol. The number of nitrogens with one attached hydrogen (secondary N) is 2. The van der Waals surface area contributed by atoms with Crippen LogP contribution in [0.1, 0.15) is 98.8 Å². The number of hydrogen-bond donors (Lipinski definition) is 2. The zero-order chi connectivity index (χ0) is 18.9. The molecule has 0 radical (unpaired) electrons. The highest BCUT2D eigenvalue weighted by Crippen LogP contribution is 2.51. The first-order valence-electron chi connectivity index (χ1n) is 12.0. The van der Waals surface area contributed by atoms with E-state index in [1.165, 1.54) is 64.2 Å². The fourth-order valence-electron chi connectivity index (χ4n) is 5.02. The molecule has 2 nitrogen and oxygen atoms in total. The smallest absolute Gasteiger partial charge is 0.00998 e. The lowest BCUT2D eigenvalue weighted by Crippen LogP contribution is -2.33. The third-order valence-corrected chi connectivity index (χ3v) is 7.55. The molecule has 26 heavy (non-hydrogen) atoms. The highest BCUT2D eigenvalue weighted by Gasteiger charge is 2.42. The van der Waals surface area contributed by atoms with Crippen molar-refractivity contribution >= 4 is 0 Å². The van der Waals surface area contributed by atoms with Crippen LogP contribution in [-0.4, -0.2) is 13.1 Å². The van der Waals surface area contributed by atoms with Crippen LogP contribution in [0.15, 0.2) is 0 Å². The highest BCUT2D eigenvalue weighted by molar-refractivity contribution is 4.92. The first-order valence-corrected chi connectivity index (χ1v) is 12.0. The van der Waals surface area contributed by atoms with Crippen molar-refractivity contribution in [1.29, 1.82) is 0 Å². The Bertz CT molecular complexity index is 367. The van der Waals surface area contributed by atoms with Crippen molar-refractivity contribution in [2.45, 2.75) is 98.8 Å². The zero-order valence-corrected chi connectivity index (χ0v) is 18.5. The second kappa shape index (κ2) is 11.7. The van der Waals surface area contributed by atoms with Crippen LogP contribution in [0.4, 0.5) is 0 Å². The van der Waals surface area contributed by atoms with Gasteiger partial charge >= 0.3 is 0 Å². The van der Waals surface area contributed by atoms with Gasteiger partial charge in [0.2, 0.25) is 0 Å². The molecule has 2 aliphatic carbocycles. The van der Waals surface area contributed by atoms with Crippen molar-refractivity contribution in [3.63, 3.8) is 0 Å². The molecule has 0 aromatic rings.